The van der Waals surface area contributed by atoms with Crippen molar-refractivity contribution in [1.82, 2.24) is 0 Å². The van der Waals surface area contributed by atoms with Gasteiger partial charge in [0.2, 0.25) is 0 Å². The third-order valence-corrected chi connectivity index (χ3v) is 2.51. The number of halogens is 1. The van der Waals surface area contributed by atoms with Gasteiger partial charge in [0.1, 0.15) is 0 Å². The van der Waals surface area contributed by atoms with Gasteiger partial charge >= 0.3 is 0 Å². The summed E-state index contributed by atoms with van der Waals surface area (Å²) in [6.45, 7) is 1.99. The van der Waals surface area contributed by atoms with Crippen molar-refractivity contribution in [1.29, 1.82) is 0 Å². The second kappa shape index (κ2) is 5.86. The summed E-state index contributed by atoms with van der Waals surface area (Å²) < 4.78 is 10.6. The number of methoxy groups -OCH3 is 2. The lowest BCUT2D eigenvalue weighted by atomic mass is 10.1. The van der Waals surface area contributed by atoms with Crippen molar-refractivity contribution in [2.45, 2.75) is 25.1 Å². The molecule has 0 amide bonds. The molecule has 0 saturated carbocycles. The van der Waals surface area contributed by atoms with E-state index in [0.717, 1.165) is 29.9 Å². The molecule has 0 saturated heterocycles. The molecule has 1 unspecified atom stereocenters. The predicted octanol–water partition coefficient (Wildman–Crippen LogP) is 3.26. The standard InChI is InChI=1S/C12H17ClO2/c1-9(13)7-8-10-5-4-6-11(14-2)12(10)15-3/h4-6,9H,7-8H2,1-3H3. The highest BCUT2D eigenvalue weighted by molar-refractivity contribution is 6.20. The molecule has 0 aliphatic rings. The van der Waals surface area contributed by atoms with Crippen molar-refractivity contribution in [2.75, 3.05) is 14.2 Å². The van der Waals surface area contributed by atoms with Crippen molar-refractivity contribution in [3.05, 3.63) is 23.8 Å². The van der Waals surface area contributed by atoms with Gasteiger partial charge in [-0.05, 0) is 31.4 Å². The van der Waals surface area contributed by atoms with E-state index < -0.39 is 0 Å². The van der Waals surface area contributed by atoms with Crippen LogP contribution < -0.4 is 9.47 Å². The molecule has 0 fully saturated rings. The maximum absolute atomic E-state index is 5.92. The summed E-state index contributed by atoms with van der Waals surface area (Å²) in [7, 11) is 3.30. The van der Waals surface area contributed by atoms with Crippen LogP contribution in [0, 0.1) is 0 Å². The van der Waals surface area contributed by atoms with Crippen LogP contribution in [-0.4, -0.2) is 19.6 Å². The highest BCUT2D eigenvalue weighted by atomic mass is 35.5. The molecule has 1 rings (SSSR count). The van der Waals surface area contributed by atoms with Crippen LogP contribution in [0.15, 0.2) is 18.2 Å². The summed E-state index contributed by atoms with van der Waals surface area (Å²) in [6, 6.07) is 5.91. The first kappa shape index (κ1) is 12.2. The second-order valence-corrected chi connectivity index (χ2v) is 4.22. The Morgan fingerprint density at radius 1 is 1.27 bits per heavy atom. The number of para-hydroxylation sites is 1. The van der Waals surface area contributed by atoms with Crippen LogP contribution in [0.4, 0.5) is 0 Å². The molecule has 1 atom stereocenters. The van der Waals surface area contributed by atoms with E-state index in [9.17, 15) is 0 Å². The van der Waals surface area contributed by atoms with Gasteiger partial charge in [0.25, 0.3) is 0 Å². The summed E-state index contributed by atoms with van der Waals surface area (Å²) >= 11 is 5.92. The summed E-state index contributed by atoms with van der Waals surface area (Å²) in [5.74, 6) is 1.59. The zero-order valence-corrected chi connectivity index (χ0v) is 10.2. The van der Waals surface area contributed by atoms with Crippen LogP contribution in [0.3, 0.4) is 0 Å². The average molecular weight is 229 g/mol. The number of benzene rings is 1. The Hall–Kier alpha value is -0.890. The molecule has 1 aromatic rings. The van der Waals surface area contributed by atoms with E-state index in [2.05, 4.69) is 0 Å². The number of rotatable bonds is 5. The molecule has 84 valence electrons. The molecule has 0 radical (unpaired) electrons. The van der Waals surface area contributed by atoms with Crippen molar-refractivity contribution >= 4 is 11.6 Å². The van der Waals surface area contributed by atoms with Gasteiger partial charge < -0.3 is 9.47 Å². The van der Waals surface area contributed by atoms with Gasteiger partial charge in [0, 0.05) is 5.38 Å². The van der Waals surface area contributed by atoms with E-state index >= 15 is 0 Å². The van der Waals surface area contributed by atoms with Crippen molar-refractivity contribution in [3.63, 3.8) is 0 Å². The SMILES string of the molecule is COc1cccc(CCC(C)Cl)c1OC. The molecule has 0 aliphatic carbocycles. The lowest BCUT2D eigenvalue weighted by Gasteiger charge is -2.12. The molecule has 0 N–H and O–H groups in total. The first-order valence-corrected chi connectivity index (χ1v) is 5.46. The van der Waals surface area contributed by atoms with Crippen LogP contribution in [-0.2, 0) is 6.42 Å². The fourth-order valence-corrected chi connectivity index (χ4v) is 1.61. The van der Waals surface area contributed by atoms with Gasteiger partial charge in [-0.1, -0.05) is 12.1 Å². The third-order valence-electron chi connectivity index (χ3n) is 2.30. The monoisotopic (exact) mass is 228 g/mol. The van der Waals surface area contributed by atoms with Gasteiger partial charge in [-0.2, -0.15) is 0 Å². The fraction of sp³-hybridized carbons (Fsp3) is 0.500. The number of alkyl halides is 1. The first-order chi connectivity index (χ1) is 7.19. The summed E-state index contributed by atoms with van der Waals surface area (Å²) in [5.41, 5.74) is 1.14. The molecular weight excluding hydrogens is 212 g/mol. The lowest BCUT2D eigenvalue weighted by molar-refractivity contribution is 0.351. The highest BCUT2D eigenvalue weighted by Gasteiger charge is 2.09. The Kier molecular flexibility index (Phi) is 4.76. The van der Waals surface area contributed by atoms with Crippen LogP contribution >= 0.6 is 11.6 Å². The van der Waals surface area contributed by atoms with E-state index in [-0.39, 0.29) is 5.38 Å². The zero-order valence-electron chi connectivity index (χ0n) is 9.42. The molecule has 0 aromatic heterocycles. The Labute approximate surface area is 96.2 Å². The van der Waals surface area contributed by atoms with E-state index in [1.54, 1.807) is 14.2 Å². The Morgan fingerprint density at radius 3 is 2.53 bits per heavy atom. The number of hydrogen-bond acceptors (Lipinski definition) is 2. The minimum absolute atomic E-state index is 0.181. The molecule has 0 bridgehead atoms. The van der Waals surface area contributed by atoms with E-state index in [0.29, 0.717) is 0 Å². The number of hydrogen-bond donors (Lipinski definition) is 0. The summed E-state index contributed by atoms with van der Waals surface area (Å²) in [6.07, 6.45) is 1.84. The van der Waals surface area contributed by atoms with Gasteiger partial charge in [-0.3, -0.25) is 0 Å². The molecule has 0 heterocycles. The van der Waals surface area contributed by atoms with E-state index in [1.165, 1.54) is 0 Å². The lowest BCUT2D eigenvalue weighted by Crippen LogP contribution is -1.99. The molecule has 3 heteroatoms. The Bertz CT molecular complexity index is 310. The topological polar surface area (TPSA) is 18.5 Å². The van der Waals surface area contributed by atoms with Crippen LogP contribution in [0.1, 0.15) is 18.9 Å². The van der Waals surface area contributed by atoms with Gasteiger partial charge in [-0.25, -0.2) is 0 Å². The normalized spacial score (nSPS) is 12.3. The third kappa shape index (κ3) is 3.31. The van der Waals surface area contributed by atoms with Gasteiger partial charge in [-0.15, -0.1) is 11.6 Å². The highest BCUT2D eigenvalue weighted by Crippen LogP contribution is 2.31. The molecule has 0 aliphatic heterocycles. The molecular formula is C12H17ClO2. The smallest absolute Gasteiger partial charge is 0.163 e. The minimum Gasteiger partial charge on any atom is -0.493 e. The average Bonchev–Trinajstić information content (AvgIpc) is 2.25. The largest absolute Gasteiger partial charge is 0.493 e. The van der Waals surface area contributed by atoms with Gasteiger partial charge in [0.15, 0.2) is 11.5 Å². The number of aryl methyl sites for hydroxylation is 1. The van der Waals surface area contributed by atoms with Crippen LogP contribution in [0.2, 0.25) is 0 Å². The first-order valence-electron chi connectivity index (χ1n) is 5.03. The zero-order chi connectivity index (χ0) is 11.3. The Morgan fingerprint density at radius 2 is 2.00 bits per heavy atom. The van der Waals surface area contributed by atoms with E-state index in [1.807, 2.05) is 25.1 Å². The van der Waals surface area contributed by atoms with Crippen LogP contribution in [0.5, 0.6) is 11.5 Å². The maximum atomic E-state index is 5.92. The maximum Gasteiger partial charge on any atom is 0.163 e. The number of ether oxygens (including phenoxy) is 2. The quantitative estimate of drug-likeness (QED) is 0.721. The summed E-state index contributed by atoms with van der Waals surface area (Å²) in [4.78, 5) is 0. The van der Waals surface area contributed by atoms with Gasteiger partial charge in [0.05, 0.1) is 14.2 Å². The molecule has 0 spiro atoms. The molecule has 1 aromatic carbocycles. The van der Waals surface area contributed by atoms with Crippen molar-refractivity contribution < 1.29 is 9.47 Å². The van der Waals surface area contributed by atoms with E-state index in [4.69, 9.17) is 21.1 Å². The minimum atomic E-state index is 0.181. The predicted molar refractivity (Wildman–Crippen MR) is 63.2 cm³/mol. The van der Waals surface area contributed by atoms with Crippen molar-refractivity contribution in [3.8, 4) is 11.5 Å². The molecule has 2 nitrogen and oxygen atoms in total. The van der Waals surface area contributed by atoms with Crippen LogP contribution in [0.25, 0.3) is 0 Å². The molecule has 15 heavy (non-hydrogen) atoms. The second-order valence-electron chi connectivity index (χ2n) is 3.47. The fourth-order valence-electron chi connectivity index (χ4n) is 1.50. The van der Waals surface area contributed by atoms with Crippen molar-refractivity contribution in [2.24, 2.45) is 0 Å². The Balaban J connectivity index is 2.86. The summed E-state index contributed by atoms with van der Waals surface area (Å²) in [5, 5.41) is 0.181.